The van der Waals surface area contributed by atoms with E-state index in [0.29, 0.717) is 9.20 Å². The van der Waals surface area contributed by atoms with E-state index in [1.165, 1.54) is 24.9 Å². The standard InChI is InChI=1S/C10H13N3O3S3/c1-12-10(17)13(9(11)14)19(15,16)8-6-4-3-5-7(8)18-2/h3-6H,1-2H3,(H2,11,14)(H,12,17). The van der Waals surface area contributed by atoms with Gasteiger partial charge in [-0.05, 0) is 30.6 Å². The van der Waals surface area contributed by atoms with E-state index < -0.39 is 16.1 Å². The Balaban J connectivity index is 3.44. The summed E-state index contributed by atoms with van der Waals surface area (Å²) < 4.78 is 25.2. The second kappa shape index (κ2) is 6.22. The third kappa shape index (κ3) is 3.17. The number of thiocarbonyl (C=S) groups is 1. The molecule has 0 fully saturated rings. The van der Waals surface area contributed by atoms with Crippen molar-refractivity contribution in [2.24, 2.45) is 5.73 Å². The van der Waals surface area contributed by atoms with E-state index in [9.17, 15) is 13.2 Å². The number of hydrogen-bond donors (Lipinski definition) is 2. The average molecular weight is 319 g/mol. The molecule has 0 atom stereocenters. The van der Waals surface area contributed by atoms with Crippen molar-refractivity contribution in [3.8, 4) is 0 Å². The van der Waals surface area contributed by atoms with Crippen LogP contribution in [0.3, 0.4) is 0 Å². The van der Waals surface area contributed by atoms with Gasteiger partial charge < -0.3 is 11.1 Å². The van der Waals surface area contributed by atoms with Crippen LogP contribution in [0.2, 0.25) is 0 Å². The van der Waals surface area contributed by atoms with Crippen molar-refractivity contribution in [3.63, 3.8) is 0 Å². The van der Waals surface area contributed by atoms with Gasteiger partial charge in [-0.3, -0.25) is 0 Å². The van der Waals surface area contributed by atoms with E-state index in [-0.39, 0.29) is 10.0 Å². The summed E-state index contributed by atoms with van der Waals surface area (Å²) in [4.78, 5) is 11.8. The molecule has 1 rings (SSSR count). The SMILES string of the molecule is CNC(=S)N(C(N)=O)S(=O)(=O)c1ccccc1SC. The van der Waals surface area contributed by atoms with Gasteiger partial charge in [0, 0.05) is 11.9 Å². The normalized spacial score (nSPS) is 10.8. The van der Waals surface area contributed by atoms with E-state index in [1.807, 2.05) is 0 Å². The molecule has 19 heavy (non-hydrogen) atoms. The summed E-state index contributed by atoms with van der Waals surface area (Å²) in [6.45, 7) is 0. The molecular weight excluding hydrogens is 306 g/mol. The highest BCUT2D eigenvalue weighted by atomic mass is 32.2. The maximum atomic E-state index is 12.4. The minimum absolute atomic E-state index is 0.0149. The predicted molar refractivity (Wildman–Crippen MR) is 78.5 cm³/mol. The Labute approximate surface area is 121 Å². The molecule has 2 amide bonds. The highest BCUT2D eigenvalue weighted by Crippen LogP contribution is 2.27. The lowest BCUT2D eigenvalue weighted by Crippen LogP contribution is -2.48. The number of carbonyl (C=O) groups is 1. The first-order valence-electron chi connectivity index (χ1n) is 5.05. The summed E-state index contributed by atoms with van der Waals surface area (Å²) >= 11 is 6.06. The van der Waals surface area contributed by atoms with Crippen molar-refractivity contribution >= 4 is 45.1 Å². The molecule has 0 bridgehead atoms. The number of hydrogen-bond acceptors (Lipinski definition) is 5. The van der Waals surface area contributed by atoms with Crippen LogP contribution in [-0.2, 0) is 10.0 Å². The molecule has 0 aliphatic carbocycles. The Morgan fingerprint density at radius 1 is 1.42 bits per heavy atom. The van der Waals surface area contributed by atoms with Gasteiger partial charge in [0.25, 0.3) is 10.0 Å². The molecular formula is C10H13N3O3S3. The van der Waals surface area contributed by atoms with Crippen molar-refractivity contribution in [3.05, 3.63) is 24.3 Å². The Morgan fingerprint density at radius 2 is 2.00 bits per heavy atom. The van der Waals surface area contributed by atoms with Crippen LogP contribution in [0.5, 0.6) is 0 Å². The fraction of sp³-hybridized carbons (Fsp3) is 0.200. The van der Waals surface area contributed by atoms with Crippen molar-refractivity contribution in [2.75, 3.05) is 13.3 Å². The maximum Gasteiger partial charge on any atom is 0.335 e. The number of nitrogens with zero attached hydrogens (tertiary/aromatic N) is 1. The van der Waals surface area contributed by atoms with Crippen molar-refractivity contribution in [1.29, 1.82) is 0 Å². The zero-order chi connectivity index (χ0) is 14.6. The number of amides is 2. The molecule has 9 heteroatoms. The summed E-state index contributed by atoms with van der Waals surface area (Å²) in [7, 11) is -2.71. The Hall–Kier alpha value is -1.32. The summed E-state index contributed by atoms with van der Waals surface area (Å²) in [5.41, 5.74) is 5.10. The minimum Gasteiger partial charge on any atom is -0.364 e. The van der Waals surface area contributed by atoms with Gasteiger partial charge >= 0.3 is 6.03 Å². The number of primary amides is 1. The van der Waals surface area contributed by atoms with Gasteiger partial charge in [-0.2, -0.15) is 4.31 Å². The van der Waals surface area contributed by atoms with Gasteiger partial charge in [0.2, 0.25) is 0 Å². The quantitative estimate of drug-likeness (QED) is 0.637. The van der Waals surface area contributed by atoms with Crippen molar-refractivity contribution in [1.82, 2.24) is 9.62 Å². The second-order valence-electron chi connectivity index (χ2n) is 3.31. The molecule has 104 valence electrons. The van der Waals surface area contributed by atoms with Crippen molar-refractivity contribution in [2.45, 2.75) is 9.79 Å². The summed E-state index contributed by atoms with van der Waals surface area (Å²) in [6.07, 6.45) is 1.74. The molecule has 1 aromatic rings. The molecule has 0 heterocycles. The lowest BCUT2D eigenvalue weighted by Gasteiger charge is -2.21. The highest BCUT2D eigenvalue weighted by Gasteiger charge is 2.32. The fourth-order valence-corrected chi connectivity index (χ4v) is 4.11. The fourth-order valence-electron chi connectivity index (χ4n) is 1.36. The van der Waals surface area contributed by atoms with E-state index in [0.717, 1.165) is 0 Å². The van der Waals surface area contributed by atoms with Gasteiger partial charge in [-0.25, -0.2) is 13.2 Å². The number of benzene rings is 1. The van der Waals surface area contributed by atoms with Gasteiger partial charge in [0.15, 0.2) is 5.11 Å². The third-order valence-corrected chi connectivity index (χ3v) is 5.37. The van der Waals surface area contributed by atoms with Crippen LogP contribution in [0.4, 0.5) is 4.79 Å². The van der Waals surface area contributed by atoms with Crippen LogP contribution in [0, 0.1) is 0 Å². The summed E-state index contributed by atoms with van der Waals surface area (Å²) in [5.74, 6) is 0. The Morgan fingerprint density at radius 3 is 2.47 bits per heavy atom. The lowest BCUT2D eigenvalue weighted by molar-refractivity contribution is 0.242. The predicted octanol–water partition coefficient (Wildman–Crippen LogP) is 0.982. The van der Waals surface area contributed by atoms with Crippen LogP contribution in [0.1, 0.15) is 0 Å². The molecule has 1 aromatic carbocycles. The highest BCUT2D eigenvalue weighted by molar-refractivity contribution is 7.99. The Kier molecular flexibility index (Phi) is 5.15. The number of sulfonamides is 1. The zero-order valence-electron chi connectivity index (χ0n) is 10.3. The number of nitrogens with one attached hydrogen (secondary N) is 1. The average Bonchev–Trinajstić information content (AvgIpc) is 2.37. The molecule has 0 aromatic heterocycles. The van der Waals surface area contributed by atoms with E-state index in [4.69, 9.17) is 18.0 Å². The molecule has 6 nitrogen and oxygen atoms in total. The van der Waals surface area contributed by atoms with Crippen LogP contribution in [-0.4, -0.2) is 37.2 Å². The number of urea groups is 1. The molecule has 3 N–H and O–H groups in total. The minimum atomic E-state index is -4.12. The molecule has 0 radical (unpaired) electrons. The first kappa shape index (κ1) is 15.7. The van der Waals surface area contributed by atoms with Crippen LogP contribution < -0.4 is 11.1 Å². The maximum absolute atomic E-state index is 12.4. The summed E-state index contributed by atoms with van der Waals surface area (Å²) in [6, 6.07) is 5.15. The zero-order valence-corrected chi connectivity index (χ0v) is 12.7. The van der Waals surface area contributed by atoms with Crippen molar-refractivity contribution < 1.29 is 13.2 Å². The lowest BCUT2D eigenvalue weighted by atomic mass is 10.4. The number of rotatable bonds is 3. The van der Waals surface area contributed by atoms with Gasteiger partial charge in [0.1, 0.15) is 4.90 Å². The van der Waals surface area contributed by atoms with E-state index in [1.54, 1.807) is 24.5 Å². The largest absolute Gasteiger partial charge is 0.364 e. The summed E-state index contributed by atoms with van der Waals surface area (Å²) in [5, 5.41) is 2.16. The van der Waals surface area contributed by atoms with E-state index in [2.05, 4.69) is 5.32 Å². The van der Waals surface area contributed by atoms with Gasteiger partial charge in [-0.15, -0.1) is 11.8 Å². The Bertz CT molecular complexity index is 601. The molecule has 0 spiro atoms. The molecule has 0 saturated carbocycles. The first-order valence-corrected chi connectivity index (χ1v) is 8.13. The molecule has 0 unspecified atom stereocenters. The number of thioether (sulfide) groups is 1. The van der Waals surface area contributed by atoms with E-state index >= 15 is 0 Å². The van der Waals surface area contributed by atoms with Crippen LogP contribution in [0.25, 0.3) is 0 Å². The monoisotopic (exact) mass is 319 g/mol. The van der Waals surface area contributed by atoms with Gasteiger partial charge in [0.05, 0.1) is 0 Å². The first-order chi connectivity index (χ1) is 8.86. The second-order valence-corrected chi connectivity index (χ2v) is 6.30. The number of carbonyl (C=O) groups excluding carboxylic acids is 1. The topological polar surface area (TPSA) is 92.5 Å². The molecule has 0 aliphatic rings. The van der Waals surface area contributed by atoms with Crippen LogP contribution in [0.15, 0.2) is 34.1 Å². The van der Waals surface area contributed by atoms with Gasteiger partial charge in [-0.1, -0.05) is 12.1 Å². The number of nitrogens with two attached hydrogens (primary N) is 1. The molecule has 0 saturated heterocycles. The smallest absolute Gasteiger partial charge is 0.335 e. The third-order valence-electron chi connectivity index (χ3n) is 2.19. The molecule has 0 aliphatic heterocycles. The van der Waals surface area contributed by atoms with Crippen LogP contribution >= 0.6 is 24.0 Å².